The van der Waals surface area contributed by atoms with Crippen molar-refractivity contribution in [3.05, 3.63) is 15.9 Å². The summed E-state index contributed by atoms with van der Waals surface area (Å²) in [5.41, 5.74) is 0. The van der Waals surface area contributed by atoms with Gasteiger partial charge in [-0.05, 0) is 27.4 Å². The Morgan fingerprint density at radius 1 is 1.47 bits per heavy atom. The van der Waals surface area contributed by atoms with E-state index in [1.165, 1.54) is 16.2 Å². The predicted molar refractivity (Wildman–Crippen MR) is 53.3 cm³/mol. The minimum atomic E-state index is -4.56. The molecule has 1 aromatic heterocycles. The van der Waals surface area contributed by atoms with Gasteiger partial charge in [0.15, 0.2) is 0 Å². The van der Waals surface area contributed by atoms with Gasteiger partial charge in [-0.15, -0.1) is 11.3 Å². The van der Waals surface area contributed by atoms with E-state index >= 15 is 0 Å². The molecule has 0 fully saturated rings. The molecule has 0 atom stereocenters. The molecule has 0 aliphatic carbocycles. The molecule has 0 saturated heterocycles. The molecule has 1 rings (SSSR count). The molecule has 1 heterocycles. The fourth-order valence-electron chi connectivity index (χ4n) is 0.714. The molecule has 0 amide bonds. The van der Waals surface area contributed by atoms with Crippen LogP contribution in [-0.2, 0) is 10.0 Å². The van der Waals surface area contributed by atoms with Gasteiger partial charge in [0.1, 0.15) is 10.8 Å². The topological polar surface area (TPSA) is 46.2 Å². The number of halogens is 4. The van der Waals surface area contributed by atoms with Gasteiger partial charge in [-0.3, -0.25) is 0 Å². The van der Waals surface area contributed by atoms with Crippen molar-refractivity contribution in [2.75, 3.05) is 6.54 Å². The fourth-order valence-corrected chi connectivity index (χ4v) is 4.11. The van der Waals surface area contributed by atoms with Crippen LogP contribution in [0.4, 0.5) is 13.2 Å². The van der Waals surface area contributed by atoms with E-state index in [1.54, 1.807) is 0 Å². The number of hydrogen-bond acceptors (Lipinski definition) is 3. The Labute approximate surface area is 96.5 Å². The number of alkyl halides is 3. The Hall–Kier alpha value is -0.120. The van der Waals surface area contributed by atoms with Gasteiger partial charge in [0.2, 0.25) is 0 Å². The quantitative estimate of drug-likeness (QED) is 0.928. The van der Waals surface area contributed by atoms with Gasteiger partial charge >= 0.3 is 6.18 Å². The summed E-state index contributed by atoms with van der Waals surface area (Å²) in [5, 5.41) is 1.46. The van der Waals surface area contributed by atoms with Gasteiger partial charge in [0, 0.05) is 4.47 Å². The first kappa shape index (κ1) is 12.9. The first-order chi connectivity index (χ1) is 6.72. The summed E-state index contributed by atoms with van der Waals surface area (Å²) < 4.78 is 59.6. The number of hydrogen-bond donors (Lipinski definition) is 1. The van der Waals surface area contributed by atoms with Crippen LogP contribution in [0.5, 0.6) is 0 Å². The number of thiophene rings is 1. The maximum atomic E-state index is 11.8. The van der Waals surface area contributed by atoms with E-state index in [1.807, 2.05) is 0 Å². The Balaban J connectivity index is 2.82. The lowest BCUT2D eigenvalue weighted by molar-refractivity contribution is -0.121. The monoisotopic (exact) mass is 323 g/mol. The Bertz CT molecular complexity index is 439. The van der Waals surface area contributed by atoms with Gasteiger partial charge in [-0.2, -0.15) is 13.2 Å². The van der Waals surface area contributed by atoms with Gasteiger partial charge < -0.3 is 0 Å². The highest BCUT2D eigenvalue weighted by Gasteiger charge is 2.31. The van der Waals surface area contributed by atoms with Crippen LogP contribution in [0.2, 0.25) is 0 Å². The highest BCUT2D eigenvalue weighted by molar-refractivity contribution is 9.10. The van der Waals surface area contributed by atoms with Gasteiger partial charge in [-0.25, -0.2) is 13.1 Å². The molecule has 0 aliphatic heterocycles. The Morgan fingerprint density at radius 2 is 2.07 bits per heavy atom. The molecule has 3 nitrogen and oxygen atoms in total. The van der Waals surface area contributed by atoms with E-state index < -0.39 is 22.7 Å². The Kier molecular flexibility index (Phi) is 3.80. The first-order valence-corrected chi connectivity index (χ1v) is 6.67. The standard InChI is InChI=1S/C6H5BrF3NO2S2/c7-4-1-2-14-5(4)15(12,13)11-3-6(8,9)10/h1-2,11H,3H2. The predicted octanol–water partition coefficient (Wildman–Crippen LogP) is 2.35. The zero-order chi connectivity index (χ0) is 11.7. The smallest absolute Gasteiger partial charge is 0.206 e. The van der Waals surface area contributed by atoms with Crippen LogP contribution in [0.1, 0.15) is 0 Å². The minimum Gasteiger partial charge on any atom is -0.206 e. The molecule has 9 heteroatoms. The summed E-state index contributed by atoms with van der Waals surface area (Å²) in [6.07, 6.45) is -4.56. The average molecular weight is 324 g/mol. The molecule has 0 saturated carbocycles. The third-order valence-electron chi connectivity index (χ3n) is 1.29. The van der Waals surface area contributed by atoms with Crippen molar-refractivity contribution in [2.45, 2.75) is 10.4 Å². The van der Waals surface area contributed by atoms with Crippen molar-refractivity contribution in [3.8, 4) is 0 Å². The second-order valence-electron chi connectivity index (χ2n) is 2.50. The Morgan fingerprint density at radius 3 is 2.47 bits per heavy atom. The molecule has 0 radical (unpaired) electrons. The van der Waals surface area contributed by atoms with Crippen molar-refractivity contribution in [2.24, 2.45) is 0 Å². The summed E-state index contributed by atoms with van der Waals surface area (Å²) >= 11 is 3.77. The molecule has 0 bridgehead atoms. The summed E-state index contributed by atoms with van der Waals surface area (Å²) in [5.74, 6) is 0. The average Bonchev–Trinajstić information content (AvgIpc) is 2.47. The molecular formula is C6H5BrF3NO2S2. The zero-order valence-electron chi connectivity index (χ0n) is 7.01. The number of nitrogens with one attached hydrogen (secondary N) is 1. The maximum Gasteiger partial charge on any atom is 0.402 e. The summed E-state index contributed by atoms with van der Waals surface area (Å²) in [4.78, 5) is 0. The normalized spacial score (nSPS) is 13.1. The highest BCUT2D eigenvalue weighted by Crippen LogP contribution is 2.27. The lowest BCUT2D eigenvalue weighted by atomic mass is 10.7. The molecule has 0 aromatic carbocycles. The van der Waals surface area contributed by atoms with Crippen molar-refractivity contribution in [1.82, 2.24) is 4.72 Å². The molecule has 0 spiro atoms. The third-order valence-corrected chi connectivity index (χ3v) is 5.36. The van der Waals surface area contributed by atoms with E-state index in [-0.39, 0.29) is 8.68 Å². The van der Waals surface area contributed by atoms with Crippen LogP contribution >= 0.6 is 27.3 Å². The van der Waals surface area contributed by atoms with Crippen LogP contribution in [0.3, 0.4) is 0 Å². The number of sulfonamides is 1. The zero-order valence-corrected chi connectivity index (χ0v) is 10.2. The molecule has 0 unspecified atom stereocenters. The van der Waals surface area contributed by atoms with Gasteiger partial charge in [0.05, 0.1) is 0 Å². The molecule has 1 N–H and O–H groups in total. The van der Waals surface area contributed by atoms with Crippen LogP contribution in [0.15, 0.2) is 20.1 Å². The van der Waals surface area contributed by atoms with Gasteiger partial charge in [0.25, 0.3) is 10.0 Å². The van der Waals surface area contributed by atoms with Crippen molar-refractivity contribution >= 4 is 37.3 Å². The first-order valence-electron chi connectivity index (χ1n) is 3.52. The second-order valence-corrected chi connectivity index (χ2v) is 6.23. The van der Waals surface area contributed by atoms with E-state index in [0.717, 1.165) is 11.3 Å². The number of rotatable bonds is 3. The van der Waals surface area contributed by atoms with E-state index in [2.05, 4.69) is 15.9 Å². The van der Waals surface area contributed by atoms with Crippen LogP contribution in [0.25, 0.3) is 0 Å². The van der Waals surface area contributed by atoms with E-state index in [4.69, 9.17) is 0 Å². The minimum absolute atomic E-state index is 0.160. The van der Waals surface area contributed by atoms with Crippen molar-refractivity contribution < 1.29 is 21.6 Å². The maximum absolute atomic E-state index is 11.8. The summed E-state index contributed by atoms with van der Waals surface area (Å²) in [6, 6.07) is 1.45. The van der Waals surface area contributed by atoms with Crippen LogP contribution in [0, 0.1) is 0 Å². The van der Waals surface area contributed by atoms with E-state index in [0.29, 0.717) is 0 Å². The van der Waals surface area contributed by atoms with E-state index in [9.17, 15) is 21.6 Å². The molecular weight excluding hydrogens is 319 g/mol. The lowest BCUT2D eigenvalue weighted by Crippen LogP contribution is -2.33. The fraction of sp³-hybridized carbons (Fsp3) is 0.333. The van der Waals surface area contributed by atoms with Crippen LogP contribution in [-0.4, -0.2) is 21.1 Å². The second kappa shape index (κ2) is 4.40. The van der Waals surface area contributed by atoms with Crippen molar-refractivity contribution in [3.63, 3.8) is 0 Å². The van der Waals surface area contributed by atoms with Crippen LogP contribution < -0.4 is 4.72 Å². The summed E-state index contributed by atoms with van der Waals surface area (Å²) in [7, 11) is -4.08. The highest BCUT2D eigenvalue weighted by atomic mass is 79.9. The van der Waals surface area contributed by atoms with Crippen molar-refractivity contribution in [1.29, 1.82) is 0 Å². The van der Waals surface area contributed by atoms with Gasteiger partial charge in [-0.1, -0.05) is 0 Å². The molecule has 15 heavy (non-hydrogen) atoms. The molecule has 86 valence electrons. The SMILES string of the molecule is O=S(=O)(NCC(F)(F)F)c1sccc1Br. The lowest BCUT2D eigenvalue weighted by Gasteiger charge is -2.08. The largest absolute Gasteiger partial charge is 0.402 e. The molecule has 1 aromatic rings. The third kappa shape index (κ3) is 3.74. The summed E-state index contributed by atoms with van der Waals surface area (Å²) in [6.45, 7) is -1.57. The molecule has 0 aliphatic rings.